The Morgan fingerprint density at radius 1 is 1.06 bits per heavy atom. The maximum Gasteiger partial charge on any atom is 0.255 e. The summed E-state index contributed by atoms with van der Waals surface area (Å²) < 4.78 is 13.6. The van der Waals surface area contributed by atoms with E-state index in [0.717, 1.165) is 37.7 Å². The second-order valence-electron chi connectivity index (χ2n) is 7.55. The smallest absolute Gasteiger partial charge is 0.255 e. The SMILES string of the molecule is COc1ccc(-c2cn3c(n2)sc2cc(C(=O)Nc4cc(C)c(Cl)cc4OC)ccc23)cc1. The number of thiazole rings is 1. The van der Waals surface area contributed by atoms with E-state index in [1.54, 1.807) is 26.4 Å². The number of methoxy groups -OCH3 is 2. The first-order chi connectivity index (χ1) is 16.0. The van der Waals surface area contributed by atoms with Gasteiger partial charge in [0.2, 0.25) is 0 Å². The summed E-state index contributed by atoms with van der Waals surface area (Å²) in [6.45, 7) is 1.88. The van der Waals surface area contributed by atoms with Crippen molar-refractivity contribution in [1.29, 1.82) is 0 Å². The molecule has 0 radical (unpaired) electrons. The van der Waals surface area contributed by atoms with Crippen molar-refractivity contribution < 1.29 is 14.3 Å². The molecule has 0 bridgehead atoms. The molecule has 0 aliphatic rings. The lowest BCUT2D eigenvalue weighted by Gasteiger charge is -2.12. The number of carbonyl (C=O) groups excluding carboxylic acids is 1. The zero-order valence-corrected chi connectivity index (χ0v) is 19.8. The Balaban J connectivity index is 1.45. The maximum atomic E-state index is 12.9. The lowest BCUT2D eigenvalue weighted by Crippen LogP contribution is -2.12. The summed E-state index contributed by atoms with van der Waals surface area (Å²) >= 11 is 7.71. The topological polar surface area (TPSA) is 64.9 Å². The van der Waals surface area contributed by atoms with Crippen molar-refractivity contribution in [1.82, 2.24) is 9.38 Å². The van der Waals surface area contributed by atoms with Crippen LogP contribution in [0.2, 0.25) is 5.02 Å². The number of anilines is 1. The van der Waals surface area contributed by atoms with Crippen molar-refractivity contribution in [2.24, 2.45) is 0 Å². The van der Waals surface area contributed by atoms with Crippen LogP contribution in [0.3, 0.4) is 0 Å². The highest BCUT2D eigenvalue weighted by Crippen LogP contribution is 2.33. The Morgan fingerprint density at radius 2 is 1.85 bits per heavy atom. The highest BCUT2D eigenvalue weighted by Gasteiger charge is 2.15. The normalized spacial score (nSPS) is 11.2. The van der Waals surface area contributed by atoms with Gasteiger partial charge in [0.25, 0.3) is 5.91 Å². The third-order valence-corrected chi connectivity index (χ3v) is 6.90. The minimum atomic E-state index is -0.220. The van der Waals surface area contributed by atoms with Crippen LogP contribution in [0, 0.1) is 6.92 Å². The number of ether oxygens (including phenoxy) is 2. The van der Waals surface area contributed by atoms with Crippen LogP contribution in [0.1, 0.15) is 15.9 Å². The molecule has 0 atom stereocenters. The molecule has 0 unspecified atom stereocenters. The van der Waals surface area contributed by atoms with E-state index in [9.17, 15) is 4.79 Å². The van der Waals surface area contributed by atoms with Crippen LogP contribution in [-0.2, 0) is 0 Å². The largest absolute Gasteiger partial charge is 0.497 e. The van der Waals surface area contributed by atoms with Crippen LogP contribution in [0.25, 0.3) is 26.4 Å². The molecule has 6 nitrogen and oxygen atoms in total. The monoisotopic (exact) mass is 477 g/mol. The van der Waals surface area contributed by atoms with Crippen LogP contribution in [-0.4, -0.2) is 29.5 Å². The van der Waals surface area contributed by atoms with Crippen molar-refractivity contribution >= 4 is 49.7 Å². The summed E-state index contributed by atoms with van der Waals surface area (Å²) in [5, 5.41) is 3.51. The van der Waals surface area contributed by atoms with Crippen LogP contribution < -0.4 is 14.8 Å². The number of nitrogens with one attached hydrogen (secondary N) is 1. The molecule has 1 amide bonds. The summed E-state index contributed by atoms with van der Waals surface area (Å²) in [5.41, 5.74) is 4.89. The van der Waals surface area contributed by atoms with Gasteiger partial charge in [-0.3, -0.25) is 9.20 Å². The Labute approximate surface area is 199 Å². The molecule has 3 aromatic carbocycles. The molecule has 166 valence electrons. The minimum Gasteiger partial charge on any atom is -0.497 e. The number of nitrogens with zero attached hydrogens (tertiary/aromatic N) is 2. The molecule has 0 spiro atoms. The van der Waals surface area contributed by atoms with Gasteiger partial charge < -0.3 is 14.8 Å². The van der Waals surface area contributed by atoms with Gasteiger partial charge >= 0.3 is 0 Å². The summed E-state index contributed by atoms with van der Waals surface area (Å²) in [7, 11) is 3.19. The van der Waals surface area contributed by atoms with Gasteiger partial charge in [-0.2, -0.15) is 0 Å². The van der Waals surface area contributed by atoms with Crippen molar-refractivity contribution in [2.45, 2.75) is 6.92 Å². The van der Waals surface area contributed by atoms with Crippen LogP contribution in [0.5, 0.6) is 11.5 Å². The molecule has 2 heterocycles. The third-order valence-electron chi connectivity index (χ3n) is 5.47. The molecule has 0 saturated carbocycles. The number of amides is 1. The van der Waals surface area contributed by atoms with Gasteiger partial charge in [-0.15, -0.1) is 0 Å². The number of hydrogen-bond acceptors (Lipinski definition) is 5. The van der Waals surface area contributed by atoms with Crippen LogP contribution in [0.4, 0.5) is 5.69 Å². The molecule has 0 fully saturated rings. The van der Waals surface area contributed by atoms with Crippen molar-refractivity contribution in [3.05, 3.63) is 76.9 Å². The third kappa shape index (κ3) is 3.90. The molecular weight excluding hydrogens is 458 g/mol. The zero-order chi connectivity index (χ0) is 23.1. The van der Waals surface area contributed by atoms with Gasteiger partial charge in [0, 0.05) is 28.4 Å². The summed E-state index contributed by atoms with van der Waals surface area (Å²) in [5.74, 6) is 1.10. The predicted octanol–water partition coefficient (Wildman–Crippen LogP) is 6.45. The fraction of sp³-hybridized carbons (Fsp3) is 0.120. The van der Waals surface area contributed by atoms with Gasteiger partial charge in [-0.25, -0.2) is 4.98 Å². The number of aryl methyl sites for hydroxylation is 1. The van der Waals surface area contributed by atoms with E-state index in [-0.39, 0.29) is 5.91 Å². The lowest BCUT2D eigenvalue weighted by molar-refractivity contribution is 0.102. The molecule has 0 aliphatic carbocycles. The zero-order valence-electron chi connectivity index (χ0n) is 18.2. The second kappa shape index (κ2) is 8.42. The van der Waals surface area contributed by atoms with E-state index in [4.69, 9.17) is 26.1 Å². The second-order valence-corrected chi connectivity index (χ2v) is 8.96. The number of hydrogen-bond donors (Lipinski definition) is 1. The van der Waals surface area contributed by atoms with E-state index in [1.807, 2.05) is 60.0 Å². The highest BCUT2D eigenvalue weighted by molar-refractivity contribution is 7.23. The standard InChI is InChI=1S/C25H20ClN3O3S/c1-14-10-19(22(32-3)12-18(14)26)27-24(30)16-6-9-21-23(11-16)33-25-28-20(13-29(21)25)15-4-7-17(31-2)8-5-15/h4-13H,1-3H3,(H,27,30). The molecular formula is C25H20ClN3O3S. The van der Waals surface area contributed by atoms with E-state index < -0.39 is 0 Å². The molecule has 5 aromatic rings. The first kappa shape index (κ1) is 21.3. The highest BCUT2D eigenvalue weighted by atomic mass is 35.5. The maximum absolute atomic E-state index is 12.9. The average molecular weight is 478 g/mol. The molecule has 8 heteroatoms. The van der Waals surface area contributed by atoms with Crippen LogP contribution in [0.15, 0.2) is 60.8 Å². The Kier molecular flexibility index (Phi) is 5.44. The van der Waals surface area contributed by atoms with Gasteiger partial charge in [-0.05, 0) is 61.0 Å². The number of carbonyl (C=O) groups is 1. The first-order valence-corrected chi connectivity index (χ1v) is 11.4. The van der Waals surface area contributed by atoms with Crippen molar-refractivity contribution in [3.63, 3.8) is 0 Å². The predicted molar refractivity (Wildman–Crippen MR) is 133 cm³/mol. The molecule has 0 saturated heterocycles. The quantitative estimate of drug-likeness (QED) is 0.316. The van der Waals surface area contributed by atoms with Crippen molar-refractivity contribution in [2.75, 3.05) is 19.5 Å². The molecule has 33 heavy (non-hydrogen) atoms. The number of aromatic nitrogens is 2. The van der Waals surface area contributed by atoms with Gasteiger partial charge in [-0.1, -0.05) is 22.9 Å². The fourth-order valence-corrected chi connectivity index (χ4v) is 4.87. The minimum absolute atomic E-state index is 0.220. The van der Waals surface area contributed by atoms with E-state index in [0.29, 0.717) is 22.0 Å². The fourth-order valence-electron chi connectivity index (χ4n) is 3.67. The summed E-state index contributed by atoms with van der Waals surface area (Å²) in [6.07, 6.45) is 2.01. The average Bonchev–Trinajstić information content (AvgIpc) is 3.39. The lowest BCUT2D eigenvalue weighted by atomic mass is 10.1. The van der Waals surface area contributed by atoms with E-state index >= 15 is 0 Å². The van der Waals surface area contributed by atoms with E-state index in [2.05, 4.69) is 5.32 Å². The van der Waals surface area contributed by atoms with Crippen molar-refractivity contribution in [3.8, 4) is 22.8 Å². The molecule has 0 aliphatic heterocycles. The summed E-state index contributed by atoms with van der Waals surface area (Å²) in [4.78, 5) is 18.6. The number of fused-ring (bicyclic) bond motifs is 3. The molecule has 1 N–H and O–H groups in total. The van der Waals surface area contributed by atoms with Gasteiger partial charge in [0.05, 0.1) is 35.8 Å². The Morgan fingerprint density at radius 3 is 2.58 bits per heavy atom. The van der Waals surface area contributed by atoms with E-state index in [1.165, 1.54) is 11.3 Å². The number of halogens is 1. The first-order valence-electron chi connectivity index (χ1n) is 10.2. The molecule has 5 rings (SSSR count). The summed E-state index contributed by atoms with van der Waals surface area (Å²) in [6, 6.07) is 17.0. The van der Waals surface area contributed by atoms with Crippen LogP contribution >= 0.6 is 22.9 Å². The Bertz CT molecular complexity index is 1510. The van der Waals surface area contributed by atoms with Gasteiger partial charge in [0.15, 0.2) is 4.96 Å². The number of benzene rings is 3. The number of rotatable bonds is 5. The number of imidazole rings is 1. The Hall–Kier alpha value is -3.55. The van der Waals surface area contributed by atoms with Gasteiger partial charge in [0.1, 0.15) is 11.5 Å². The molecule has 2 aromatic heterocycles.